The molecule has 2 aromatic carbocycles. The minimum Gasteiger partial charge on any atom is -0.364 e. The number of nitrogens with one attached hydrogen (secondary N) is 1. The van der Waals surface area contributed by atoms with Gasteiger partial charge >= 0.3 is 0 Å². The first-order chi connectivity index (χ1) is 14.3. The Balaban J connectivity index is 1.49. The third-order valence-electron chi connectivity index (χ3n) is 4.46. The highest BCUT2D eigenvalue weighted by atomic mass is 19.1. The maximum absolute atomic E-state index is 13.4. The molecule has 0 unspecified atom stereocenters. The van der Waals surface area contributed by atoms with Crippen molar-refractivity contribution < 1.29 is 4.39 Å². The molecule has 0 aliphatic heterocycles. The highest BCUT2D eigenvalue weighted by Crippen LogP contribution is 2.25. The molecule has 9 heteroatoms. The fourth-order valence-electron chi connectivity index (χ4n) is 3.03. The summed E-state index contributed by atoms with van der Waals surface area (Å²) in [6, 6.07) is 19.7. The first-order valence-electron chi connectivity index (χ1n) is 8.95. The van der Waals surface area contributed by atoms with Crippen molar-refractivity contribution in [2.45, 2.75) is 6.54 Å². The van der Waals surface area contributed by atoms with Crippen LogP contribution in [0.1, 0.15) is 5.56 Å². The van der Waals surface area contributed by atoms with Crippen LogP contribution in [0.25, 0.3) is 22.6 Å². The predicted octanol–water partition coefficient (Wildman–Crippen LogP) is 3.12. The van der Waals surface area contributed by atoms with Crippen LogP contribution in [-0.4, -0.2) is 35.0 Å². The van der Waals surface area contributed by atoms with Crippen LogP contribution in [0, 0.1) is 5.82 Å². The van der Waals surface area contributed by atoms with Crippen LogP contribution in [0.2, 0.25) is 0 Å². The van der Waals surface area contributed by atoms with E-state index in [2.05, 4.69) is 25.9 Å². The molecule has 0 aliphatic rings. The van der Waals surface area contributed by atoms with Crippen molar-refractivity contribution in [2.75, 3.05) is 5.32 Å². The molecule has 0 atom stereocenters. The third-order valence-corrected chi connectivity index (χ3v) is 4.46. The Hall–Kier alpha value is -4.14. The molecule has 3 aromatic heterocycles. The second kappa shape index (κ2) is 7.12. The van der Waals surface area contributed by atoms with Gasteiger partial charge in [-0.2, -0.15) is 5.10 Å². The van der Waals surface area contributed by atoms with Gasteiger partial charge in [0.05, 0.1) is 11.4 Å². The normalized spacial score (nSPS) is 11.1. The number of para-hydroxylation sites is 1. The quantitative estimate of drug-likeness (QED) is 0.500. The Morgan fingerprint density at radius 1 is 0.897 bits per heavy atom. The van der Waals surface area contributed by atoms with Gasteiger partial charge in [0.15, 0.2) is 5.65 Å². The molecular formula is C20H15FN8. The van der Waals surface area contributed by atoms with Crippen molar-refractivity contribution >= 4 is 11.5 Å². The number of rotatable bonds is 5. The van der Waals surface area contributed by atoms with Gasteiger partial charge in [0.25, 0.3) is 0 Å². The predicted molar refractivity (Wildman–Crippen MR) is 105 cm³/mol. The highest BCUT2D eigenvalue weighted by Gasteiger charge is 2.13. The fraction of sp³-hybridized carbons (Fsp3) is 0.0500. The standard InChI is InChI=1S/C20H15FN8/c21-16-8-6-14(7-9-16)20-15(13-28(25-20)17-4-2-1-3-5-17)12-22-18-10-11-19-23-26-27-29(19)24-18/h1-11,13H,12H2,(H,22,24). The number of benzene rings is 2. The van der Waals surface area contributed by atoms with Gasteiger partial charge in [-0.1, -0.05) is 18.2 Å². The zero-order valence-corrected chi connectivity index (χ0v) is 15.1. The van der Waals surface area contributed by atoms with Crippen molar-refractivity contribution in [3.8, 4) is 16.9 Å². The molecule has 3 heterocycles. The number of hydrogen-bond donors (Lipinski definition) is 1. The SMILES string of the molecule is Fc1ccc(-c2nn(-c3ccccc3)cc2CNc2ccc3nnnn3n2)cc1. The molecule has 0 fully saturated rings. The second-order valence-corrected chi connectivity index (χ2v) is 6.39. The second-order valence-electron chi connectivity index (χ2n) is 6.39. The van der Waals surface area contributed by atoms with E-state index in [0.29, 0.717) is 18.0 Å². The average Bonchev–Trinajstić information content (AvgIpc) is 3.40. The zero-order valence-electron chi connectivity index (χ0n) is 15.1. The summed E-state index contributed by atoms with van der Waals surface area (Å²) in [7, 11) is 0. The Bertz CT molecular complexity index is 1260. The lowest BCUT2D eigenvalue weighted by Crippen LogP contribution is -2.05. The number of halogens is 1. The fourth-order valence-corrected chi connectivity index (χ4v) is 3.03. The number of hydrogen-bond acceptors (Lipinski definition) is 6. The molecule has 0 radical (unpaired) electrons. The van der Waals surface area contributed by atoms with Gasteiger partial charge in [0, 0.05) is 23.9 Å². The first-order valence-corrected chi connectivity index (χ1v) is 8.95. The Kier molecular flexibility index (Phi) is 4.17. The molecule has 0 amide bonds. The van der Waals surface area contributed by atoms with E-state index >= 15 is 0 Å². The number of aromatic nitrogens is 7. The number of anilines is 1. The third kappa shape index (κ3) is 3.41. The van der Waals surface area contributed by atoms with Crippen LogP contribution in [0.3, 0.4) is 0 Å². The topological polar surface area (TPSA) is 85.8 Å². The summed E-state index contributed by atoms with van der Waals surface area (Å²) in [6.07, 6.45) is 1.95. The van der Waals surface area contributed by atoms with Gasteiger partial charge in [-0.05, 0) is 59.0 Å². The summed E-state index contributed by atoms with van der Waals surface area (Å²) >= 11 is 0. The molecule has 8 nitrogen and oxygen atoms in total. The van der Waals surface area contributed by atoms with Crippen LogP contribution in [0.4, 0.5) is 10.2 Å². The van der Waals surface area contributed by atoms with Gasteiger partial charge in [0.1, 0.15) is 11.6 Å². The van der Waals surface area contributed by atoms with E-state index in [1.54, 1.807) is 18.2 Å². The first kappa shape index (κ1) is 17.0. The van der Waals surface area contributed by atoms with Crippen molar-refractivity contribution in [2.24, 2.45) is 0 Å². The van der Waals surface area contributed by atoms with Crippen LogP contribution >= 0.6 is 0 Å². The van der Waals surface area contributed by atoms with E-state index in [1.165, 1.54) is 16.8 Å². The lowest BCUT2D eigenvalue weighted by Gasteiger charge is -2.05. The summed E-state index contributed by atoms with van der Waals surface area (Å²) in [5.41, 5.74) is 4.06. The minimum atomic E-state index is -0.283. The van der Waals surface area contributed by atoms with E-state index in [-0.39, 0.29) is 5.82 Å². The molecule has 0 saturated heterocycles. The summed E-state index contributed by atoms with van der Waals surface area (Å²) < 4.78 is 16.5. The average molecular weight is 386 g/mol. The number of nitrogens with zero attached hydrogens (tertiary/aromatic N) is 7. The lowest BCUT2D eigenvalue weighted by atomic mass is 10.1. The van der Waals surface area contributed by atoms with Crippen molar-refractivity contribution in [3.05, 3.63) is 84.3 Å². The van der Waals surface area contributed by atoms with E-state index < -0.39 is 0 Å². The summed E-state index contributed by atoms with van der Waals surface area (Å²) in [6.45, 7) is 0.472. The molecule has 5 rings (SSSR count). The number of tetrazole rings is 1. The van der Waals surface area contributed by atoms with Crippen molar-refractivity contribution in [1.82, 2.24) is 35.0 Å². The molecule has 1 N–H and O–H groups in total. The van der Waals surface area contributed by atoms with Crippen LogP contribution in [0.5, 0.6) is 0 Å². The highest BCUT2D eigenvalue weighted by molar-refractivity contribution is 5.63. The van der Waals surface area contributed by atoms with E-state index in [1.807, 2.05) is 47.3 Å². The maximum Gasteiger partial charge on any atom is 0.200 e. The van der Waals surface area contributed by atoms with Crippen molar-refractivity contribution in [1.29, 1.82) is 0 Å². The van der Waals surface area contributed by atoms with Gasteiger partial charge in [0.2, 0.25) is 0 Å². The van der Waals surface area contributed by atoms with Gasteiger partial charge < -0.3 is 5.32 Å². The van der Waals surface area contributed by atoms with E-state index in [0.717, 1.165) is 22.5 Å². The summed E-state index contributed by atoms with van der Waals surface area (Å²) in [5, 5.41) is 23.6. The lowest BCUT2D eigenvalue weighted by molar-refractivity contribution is 0.628. The summed E-state index contributed by atoms with van der Waals surface area (Å²) in [5.74, 6) is 0.345. The van der Waals surface area contributed by atoms with E-state index in [4.69, 9.17) is 5.10 Å². The molecular weight excluding hydrogens is 371 g/mol. The number of fused-ring (bicyclic) bond motifs is 1. The zero-order chi connectivity index (χ0) is 19.6. The Morgan fingerprint density at radius 2 is 1.72 bits per heavy atom. The molecule has 0 bridgehead atoms. The molecule has 0 aliphatic carbocycles. The molecule has 29 heavy (non-hydrogen) atoms. The maximum atomic E-state index is 13.4. The Morgan fingerprint density at radius 3 is 2.55 bits per heavy atom. The van der Waals surface area contributed by atoms with Gasteiger partial charge in [-0.15, -0.1) is 14.8 Å². The van der Waals surface area contributed by atoms with Gasteiger partial charge in [-0.3, -0.25) is 0 Å². The minimum absolute atomic E-state index is 0.283. The summed E-state index contributed by atoms with van der Waals surface area (Å²) in [4.78, 5) is 0. The largest absolute Gasteiger partial charge is 0.364 e. The van der Waals surface area contributed by atoms with Crippen molar-refractivity contribution in [3.63, 3.8) is 0 Å². The monoisotopic (exact) mass is 386 g/mol. The van der Waals surface area contributed by atoms with Gasteiger partial charge in [-0.25, -0.2) is 9.07 Å². The van der Waals surface area contributed by atoms with Crippen LogP contribution in [-0.2, 0) is 6.54 Å². The Labute approximate surface area is 164 Å². The van der Waals surface area contributed by atoms with Crippen LogP contribution < -0.4 is 5.32 Å². The molecule has 0 spiro atoms. The molecule has 5 aromatic rings. The van der Waals surface area contributed by atoms with Crippen LogP contribution in [0.15, 0.2) is 72.9 Å². The smallest absolute Gasteiger partial charge is 0.200 e. The molecule has 0 saturated carbocycles. The molecule has 142 valence electrons. The van der Waals surface area contributed by atoms with E-state index in [9.17, 15) is 4.39 Å².